The standard InChI is InChI=1S/C18H27NO2/c19-17-10-8-15(9-11-17)5-4-12-18(20-13-14-21-18)16-6-2-1-3-7-16/h8-11,16H,1-7,12-14,19H2. The molecule has 0 atom stereocenters. The average Bonchev–Trinajstić information content (AvgIpc) is 3.00. The Morgan fingerprint density at radius 2 is 1.67 bits per heavy atom. The van der Waals surface area contributed by atoms with Crippen LogP contribution in [-0.4, -0.2) is 19.0 Å². The molecule has 116 valence electrons. The average molecular weight is 289 g/mol. The minimum atomic E-state index is -0.284. The molecule has 0 bridgehead atoms. The first-order valence-corrected chi connectivity index (χ1v) is 8.41. The van der Waals surface area contributed by atoms with E-state index in [4.69, 9.17) is 15.2 Å². The molecule has 0 unspecified atom stereocenters. The van der Waals surface area contributed by atoms with E-state index >= 15 is 0 Å². The van der Waals surface area contributed by atoms with Crippen LogP contribution in [0.1, 0.15) is 50.5 Å². The molecule has 1 aliphatic heterocycles. The van der Waals surface area contributed by atoms with Crippen molar-refractivity contribution in [2.75, 3.05) is 18.9 Å². The molecule has 1 aliphatic carbocycles. The monoisotopic (exact) mass is 289 g/mol. The molecule has 0 radical (unpaired) electrons. The summed E-state index contributed by atoms with van der Waals surface area (Å²) in [7, 11) is 0. The van der Waals surface area contributed by atoms with Crippen LogP contribution in [0.5, 0.6) is 0 Å². The molecule has 2 fully saturated rings. The van der Waals surface area contributed by atoms with E-state index in [1.54, 1.807) is 0 Å². The van der Waals surface area contributed by atoms with Crippen LogP contribution in [0.3, 0.4) is 0 Å². The van der Waals surface area contributed by atoms with Crippen molar-refractivity contribution < 1.29 is 9.47 Å². The van der Waals surface area contributed by atoms with Crippen molar-refractivity contribution in [3.8, 4) is 0 Å². The SMILES string of the molecule is Nc1ccc(CCCC2(C3CCCCC3)OCCO2)cc1. The van der Waals surface area contributed by atoms with E-state index in [9.17, 15) is 0 Å². The summed E-state index contributed by atoms with van der Waals surface area (Å²) < 4.78 is 12.2. The lowest BCUT2D eigenvalue weighted by Gasteiger charge is -2.38. The molecule has 1 aromatic rings. The number of hydrogen-bond donors (Lipinski definition) is 1. The fraction of sp³-hybridized carbons (Fsp3) is 0.667. The normalized spacial score (nSPS) is 22.5. The zero-order valence-corrected chi connectivity index (χ0v) is 12.9. The van der Waals surface area contributed by atoms with Gasteiger partial charge < -0.3 is 15.2 Å². The first-order valence-electron chi connectivity index (χ1n) is 8.41. The van der Waals surface area contributed by atoms with Crippen LogP contribution in [0.25, 0.3) is 0 Å². The Morgan fingerprint density at radius 3 is 2.33 bits per heavy atom. The zero-order chi connectivity index (χ0) is 14.5. The number of rotatable bonds is 5. The molecule has 21 heavy (non-hydrogen) atoms. The molecular formula is C18H27NO2. The van der Waals surface area contributed by atoms with E-state index in [-0.39, 0.29) is 5.79 Å². The molecule has 0 amide bonds. The number of benzene rings is 1. The highest BCUT2D eigenvalue weighted by Gasteiger charge is 2.43. The van der Waals surface area contributed by atoms with Gasteiger partial charge in [0.25, 0.3) is 0 Å². The van der Waals surface area contributed by atoms with Gasteiger partial charge in [0.2, 0.25) is 0 Å². The number of ether oxygens (including phenoxy) is 2. The summed E-state index contributed by atoms with van der Waals surface area (Å²) in [5.41, 5.74) is 7.91. The number of hydrogen-bond acceptors (Lipinski definition) is 3. The van der Waals surface area contributed by atoms with Crippen molar-refractivity contribution in [3.63, 3.8) is 0 Å². The third-order valence-electron chi connectivity index (χ3n) is 4.97. The van der Waals surface area contributed by atoms with Crippen molar-refractivity contribution in [1.82, 2.24) is 0 Å². The highest BCUT2D eigenvalue weighted by molar-refractivity contribution is 5.39. The van der Waals surface area contributed by atoms with Gasteiger partial charge in [-0.3, -0.25) is 0 Å². The predicted molar refractivity (Wildman–Crippen MR) is 85.0 cm³/mol. The summed E-state index contributed by atoms with van der Waals surface area (Å²) >= 11 is 0. The van der Waals surface area contributed by atoms with Crippen LogP contribution in [-0.2, 0) is 15.9 Å². The van der Waals surface area contributed by atoms with Gasteiger partial charge in [0.15, 0.2) is 5.79 Å². The first-order chi connectivity index (χ1) is 10.3. The van der Waals surface area contributed by atoms with E-state index in [1.807, 2.05) is 12.1 Å². The molecule has 1 saturated heterocycles. The van der Waals surface area contributed by atoms with Gasteiger partial charge in [-0.15, -0.1) is 0 Å². The van der Waals surface area contributed by atoms with Crippen LogP contribution in [0, 0.1) is 5.92 Å². The van der Waals surface area contributed by atoms with E-state index in [1.165, 1.54) is 37.7 Å². The van der Waals surface area contributed by atoms with E-state index in [2.05, 4.69) is 12.1 Å². The minimum Gasteiger partial charge on any atom is -0.399 e. The van der Waals surface area contributed by atoms with Crippen LogP contribution in [0.15, 0.2) is 24.3 Å². The largest absolute Gasteiger partial charge is 0.399 e. The summed E-state index contributed by atoms with van der Waals surface area (Å²) in [4.78, 5) is 0. The summed E-state index contributed by atoms with van der Waals surface area (Å²) in [6.45, 7) is 1.52. The highest BCUT2D eigenvalue weighted by Crippen LogP contribution is 2.41. The Bertz CT molecular complexity index is 431. The topological polar surface area (TPSA) is 44.5 Å². The van der Waals surface area contributed by atoms with Crippen molar-refractivity contribution >= 4 is 5.69 Å². The Kier molecular flexibility index (Phi) is 4.81. The molecule has 2 aliphatic rings. The van der Waals surface area contributed by atoms with E-state index in [0.717, 1.165) is 38.2 Å². The molecule has 0 spiro atoms. The summed E-state index contributed by atoms with van der Waals surface area (Å²) in [6, 6.07) is 8.21. The first kappa shape index (κ1) is 14.9. The number of anilines is 1. The smallest absolute Gasteiger partial charge is 0.171 e. The third-order valence-corrected chi connectivity index (χ3v) is 4.97. The molecule has 1 saturated carbocycles. The lowest BCUT2D eigenvalue weighted by molar-refractivity contribution is -0.207. The maximum absolute atomic E-state index is 6.09. The Hall–Kier alpha value is -1.06. The highest BCUT2D eigenvalue weighted by atomic mass is 16.7. The minimum absolute atomic E-state index is 0.284. The number of nitrogen functional groups attached to an aromatic ring is 1. The van der Waals surface area contributed by atoms with Gasteiger partial charge in [0.05, 0.1) is 13.2 Å². The lowest BCUT2D eigenvalue weighted by Crippen LogP contribution is -2.40. The fourth-order valence-corrected chi connectivity index (χ4v) is 3.82. The number of aryl methyl sites for hydroxylation is 1. The molecule has 1 heterocycles. The summed E-state index contributed by atoms with van der Waals surface area (Å²) in [5, 5.41) is 0. The number of nitrogens with two attached hydrogens (primary N) is 1. The Labute approximate surface area is 127 Å². The summed E-state index contributed by atoms with van der Waals surface area (Å²) in [5.74, 6) is 0.314. The molecule has 2 N–H and O–H groups in total. The van der Waals surface area contributed by atoms with Gasteiger partial charge in [-0.05, 0) is 43.4 Å². The van der Waals surface area contributed by atoms with Crippen molar-refractivity contribution in [3.05, 3.63) is 29.8 Å². The quantitative estimate of drug-likeness (QED) is 0.836. The van der Waals surface area contributed by atoms with Crippen LogP contribution in [0.4, 0.5) is 5.69 Å². The van der Waals surface area contributed by atoms with Crippen LogP contribution >= 0.6 is 0 Å². The van der Waals surface area contributed by atoms with Crippen molar-refractivity contribution in [2.45, 2.75) is 57.2 Å². The van der Waals surface area contributed by atoms with Gasteiger partial charge in [-0.2, -0.15) is 0 Å². The lowest BCUT2D eigenvalue weighted by atomic mass is 9.81. The fourth-order valence-electron chi connectivity index (χ4n) is 3.82. The van der Waals surface area contributed by atoms with Gasteiger partial charge in [0, 0.05) is 18.0 Å². The van der Waals surface area contributed by atoms with E-state index in [0.29, 0.717) is 5.92 Å². The molecule has 3 nitrogen and oxygen atoms in total. The third kappa shape index (κ3) is 3.58. The van der Waals surface area contributed by atoms with E-state index < -0.39 is 0 Å². The second-order valence-corrected chi connectivity index (χ2v) is 6.44. The predicted octanol–water partition coefficient (Wildman–Crippen LogP) is 3.91. The Balaban J connectivity index is 1.56. The van der Waals surface area contributed by atoms with Gasteiger partial charge >= 0.3 is 0 Å². The molecule has 3 heteroatoms. The van der Waals surface area contributed by atoms with Crippen molar-refractivity contribution in [2.24, 2.45) is 5.92 Å². The molecule has 0 aromatic heterocycles. The van der Waals surface area contributed by atoms with Gasteiger partial charge in [-0.1, -0.05) is 31.4 Å². The molecular weight excluding hydrogens is 262 g/mol. The maximum Gasteiger partial charge on any atom is 0.171 e. The van der Waals surface area contributed by atoms with Gasteiger partial charge in [0.1, 0.15) is 0 Å². The molecule has 1 aromatic carbocycles. The Morgan fingerprint density at radius 1 is 1.00 bits per heavy atom. The van der Waals surface area contributed by atoms with Gasteiger partial charge in [-0.25, -0.2) is 0 Å². The van der Waals surface area contributed by atoms with Crippen molar-refractivity contribution in [1.29, 1.82) is 0 Å². The molecule has 3 rings (SSSR count). The summed E-state index contributed by atoms with van der Waals surface area (Å²) in [6.07, 6.45) is 9.76. The van der Waals surface area contributed by atoms with Crippen LogP contribution in [0.2, 0.25) is 0 Å². The van der Waals surface area contributed by atoms with Crippen LogP contribution < -0.4 is 5.73 Å². The maximum atomic E-state index is 6.09. The zero-order valence-electron chi connectivity index (χ0n) is 12.9. The second-order valence-electron chi connectivity index (χ2n) is 6.44. The second kappa shape index (κ2) is 6.80.